The van der Waals surface area contributed by atoms with Crippen LogP contribution in [0.2, 0.25) is 0 Å². The summed E-state index contributed by atoms with van der Waals surface area (Å²) in [5.74, 6) is 0.814. The van der Waals surface area contributed by atoms with Crippen molar-refractivity contribution in [2.45, 2.75) is 38.3 Å². The van der Waals surface area contributed by atoms with Crippen LogP contribution in [-0.4, -0.2) is 48.8 Å². The lowest BCUT2D eigenvalue weighted by atomic mass is 9.98. The van der Waals surface area contributed by atoms with Crippen molar-refractivity contribution in [3.8, 4) is 0 Å². The standard InChI is InChI=1S/C11H24N2O/c1-11(2,9-5-6-9)12-7-10(14)8-13(3)4/h9-10,12,14H,5-8H2,1-4H3. The maximum atomic E-state index is 9.68. The molecule has 0 bridgehead atoms. The predicted molar refractivity (Wildman–Crippen MR) is 59.4 cm³/mol. The summed E-state index contributed by atoms with van der Waals surface area (Å²) < 4.78 is 0. The van der Waals surface area contributed by atoms with Gasteiger partial charge in [-0.15, -0.1) is 0 Å². The van der Waals surface area contributed by atoms with Crippen LogP contribution in [0.3, 0.4) is 0 Å². The van der Waals surface area contributed by atoms with Gasteiger partial charge in [0.1, 0.15) is 0 Å². The molecule has 0 amide bonds. The molecule has 0 saturated heterocycles. The Labute approximate surface area is 87.5 Å². The summed E-state index contributed by atoms with van der Waals surface area (Å²) in [5, 5.41) is 13.1. The van der Waals surface area contributed by atoms with Crippen LogP contribution in [0.1, 0.15) is 26.7 Å². The monoisotopic (exact) mass is 200 g/mol. The van der Waals surface area contributed by atoms with E-state index in [-0.39, 0.29) is 11.6 Å². The molecule has 0 radical (unpaired) electrons. The Bertz CT molecular complexity index is 176. The Morgan fingerprint density at radius 1 is 1.43 bits per heavy atom. The fourth-order valence-electron chi connectivity index (χ4n) is 1.82. The molecule has 0 aromatic rings. The van der Waals surface area contributed by atoms with E-state index in [0.717, 1.165) is 12.5 Å². The van der Waals surface area contributed by atoms with E-state index in [0.29, 0.717) is 6.54 Å². The zero-order chi connectivity index (χ0) is 10.8. The quantitative estimate of drug-likeness (QED) is 0.662. The molecule has 14 heavy (non-hydrogen) atoms. The highest BCUT2D eigenvalue weighted by molar-refractivity contribution is 4.94. The van der Waals surface area contributed by atoms with E-state index in [9.17, 15) is 5.11 Å². The van der Waals surface area contributed by atoms with Crippen LogP contribution in [0.4, 0.5) is 0 Å². The van der Waals surface area contributed by atoms with Gasteiger partial charge in [0.2, 0.25) is 0 Å². The zero-order valence-corrected chi connectivity index (χ0v) is 9.88. The molecular weight excluding hydrogens is 176 g/mol. The molecular formula is C11H24N2O. The number of aliphatic hydroxyl groups excluding tert-OH is 1. The van der Waals surface area contributed by atoms with E-state index in [1.807, 2.05) is 19.0 Å². The molecule has 1 rings (SSSR count). The Morgan fingerprint density at radius 3 is 2.43 bits per heavy atom. The van der Waals surface area contributed by atoms with E-state index in [2.05, 4.69) is 19.2 Å². The van der Waals surface area contributed by atoms with Crippen molar-refractivity contribution in [3.05, 3.63) is 0 Å². The van der Waals surface area contributed by atoms with Gasteiger partial charge in [-0.25, -0.2) is 0 Å². The molecule has 84 valence electrons. The van der Waals surface area contributed by atoms with Crippen molar-refractivity contribution < 1.29 is 5.11 Å². The molecule has 1 fully saturated rings. The second-order valence-electron chi connectivity index (χ2n) is 5.29. The molecule has 0 aromatic heterocycles. The van der Waals surface area contributed by atoms with Crippen molar-refractivity contribution in [3.63, 3.8) is 0 Å². The lowest BCUT2D eigenvalue weighted by Gasteiger charge is -2.28. The van der Waals surface area contributed by atoms with Crippen LogP contribution in [0.25, 0.3) is 0 Å². The summed E-state index contributed by atoms with van der Waals surface area (Å²) in [6.45, 7) is 5.88. The summed E-state index contributed by atoms with van der Waals surface area (Å²) >= 11 is 0. The van der Waals surface area contributed by atoms with Crippen LogP contribution in [0.5, 0.6) is 0 Å². The Hall–Kier alpha value is -0.120. The fraction of sp³-hybridized carbons (Fsp3) is 1.00. The molecule has 0 aliphatic heterocycles. The second kappa shape index (κ2) is 4.60. The normalized spacial score (nSPS) is 20.1. The first-order valence-electron chi connectivity index (χ1n) is 5.49. The largest absolute Gasteiger partial charge is 0.390 e. The van der Waals surface area contributed by atoms with E-state index >= 15 is 0 Å². The molecule has 2 N–H and O–H groups in total. The second-order valence-corrected chi connectivity index (χ2v) is 5.29. The van der Waals surface area contributed by atoms with E-state index in [1.165, 1.54) is 12.8 Å². The molecule has 1 aliphatic carbocycles. The maximum Gasteiger partial charge on any atom is 0.0791 e. The van der Waals surface area contributed by atoms with Crippen LogP contribution in [0.15, 0.2) is 0 Å². The van der Waals surface area contributed by atoms with Gasteiger partial charge in [-0.3, -0.25) is 0 Å². The zero-order valence-electron chi connectivity index (χ0n) is 9.88. The van der Waals surface area contributed by atoms with Gasteiger partial charge in [0.25, 0.3) is 0 Å². The summed E-state index contributed by atoms with van der Waals surface area (Å²) in [7, 11) is 3.96. The van der Waals surface area contributed by atoms with Crippen molar-refractivity contribution in [2.75, 3.05) is 27.2 Å². The Balaban J connectivity index is 2.18. The van der Waals surface area contributed by atoms with E-state index in [1.54, 1.807) is 0 Å². The molecule has 0 spiro atoms. The topological polar surface area (TPSA) is 35.5 Å². The summed E-state index contributed by atoms with van der Waals surface area (Å²) in [6, 6.07) is 0. The summed E-state index contributed by atoms with van der Waals surface area (Å²) in [4.78, 5) is 2.01. The molecule has 0 heterocycles. The van der Waals surface area contributed by atoms with Gasteiger partial charge in [0, 0.05) is 18.6 Å². The van der Waals surface area contributed by atoms with Crippen LogP contribution < -0.4 is 5.32 Å². The van der Waals surface area contributed by atoms with Crippen LogP contribution >= 0.6 is 0 Å². The van der Waals surface area contributed by atoms with Gasteiger partial charge in [-0.1, -0.05) is 0 Å². The van der Waals surface area contributed by atoms with Gasteiger partial charge < -0.3 is 15.3 Å². The lowest BCUT2D eigenvalue weighted by Crippen LogP contribution is -2.47. The van der Waals surface area contributed by atoms with E-state index in [4.69, 9.17) is 0 Å². The molecule has 1 unspecified atom stereocenters. The first-order chi connectivity index (χ1) is 6.42. The third kappa shape index (κ3) is 3.95. The third-order valence-electron chi connectivity index (χ3n) is 2.97. The number of β-amino-alcohol motifs (C(OH)–C–C–N with tert-alkyl or cyclic N) is 1. The van der Waals surface area contributed by atoms with Gasteiger partial charge in [-0.2, -0.15) is 0 Å². The van der Waals surface area contributed by atoms with E-state index < -0.39 is 0 Å². The summed E-state index contributed by atoms with van der Waals surface area (Å²) in [5.41, 5.74) is 0.202. The Morgan fingerprint density at radius 2 is 2.00 bits per heavy atom. The highest BCUT2D eigenvalue weighted by Gasteiger charge is 2.37. The molecule has 0 aromatic carbocycles. The van der Waals surface area contributed by atoms with Gasteiger partial charge in [-0.05, 0) is 46.7 Å². The minimum Gasteiger partial charge on any atom is -0.390 e. The molecule has 3 nitrogen and oxygen atoms in total. The summed E-state index contributed by atoms with van der Waals surface area (Å²) in [6.07, 6.45) is 2.41. The SMILES string of the molecule is CN(C)CC(O)CNC(C)(C)C1CC1. The lowest BCUT2D eigenvalue weighted by molar-refractivity contribution is 0.123. The van der Waals surface area contributed by atoms with Crippen molar-refractivity contribution in [1.29, 1.82) is 0 Å². The first-order valence-corrected chi connectivity index (χ1v) is 5.49. The smallest absolute Gasteiger partial charge is 0.0791 e. The fourth-order valence-corrected chi connectivity index (χ4v) is 1.82. The van der Waals surface area contributed by atoms with Gasteiger partial charge >= 0.3 is 0 Å². The predicted octanol–water partition coefficient (Wildman–Crippen LogP) is 0.687. The number of likely N-dealkylation sites (N-methyl/N-ethyl adjacent to an activating group) is 1. The van der Waals surface area contributed by atoms with Gasteiger partial charge in [0.15, 0.2) is 0 Å². The molecule has 1 aliphatic rings. The third-order valence-corrected chi connectivity index (χ3v) is 2.97. The number of hydrogen-bond donors (Lipinski definition) is 2. The maximum absolute atomic E-state index is 9.68. The molecule has 1 saturated carbocycles. The number of hydrogen-bond acceptors (Lipinski definition) is 3. The highest BCUT2D eigenvalue weighted by atomic mass is 16.3. The number of rotatable bonds is 6. The van der Waals surface area contributed by atoms with Crippen molar-refractivity contribution in [1.82, 2.24) is 10.2 Å². The molecule has 1 atom stereocenters. The van der Waals surface area contributed by atoms with Crippen molar-refractivity contribution >= 4 is 0 Å². The average molecular weight is 200 g/mol. The van der Waals surface area contributed by atoms with Gasteiger partial charge in [0.05, 0.1) is 6.10 Å². The number of aliphatic hydroxyl groups is 1. The van der Waals surface area contributed by atoms with Crippen LogP contribution in [0, 0.1) is 5.92 Å². The Kier molecular flexibility index (Phi) is 3.93. The highest BCUT2D eigenvalue weighted by Crippen LogP contribution is 2.38. The minimum atomic E-state index is -0.261. The molecule has 3 heteroatoms. The number of nitrogens with zero attached hydrogens (tertiary/aromatic N) is 1. The van der Waals surface area contributed by atoms with Crippen molar-refractivity contribution in [2.24, 2.45) is 5.92 Å². The minimum absolute atomic E-state index is 0.202. The van der Waals surface area contributed by atoms with Crippen LogP contribution in [-0.2, 0) is 0 Å². The average Bonchev–Trinajstić information content (AvgIpc) is 2.81. The number of nitrogens with one attached hydrogen (secondary N) is 1. The first kappa shape index (κ1) is 12.0.